The fourth-order valence-electron chi connectivity index (χ4n) is 1.60. The lowest BCUT2D eigenvalue weighted by atomic mass is 10.1. The summed E-state index contributed by atoms with van der Waals surface area (Å²) in [7, 11) is 0. The lowest BCUT2D eigenvalue weighted by molar-refractivity contribution is 1.66. The summed E-state index contributed by atoms with van der Waals surface area (Å²) in [5.74, 6) is 2.80. The number of nitrogen functional groups attached to an aromatic ring is 1. The molecule has 15 heavy (non-hydrogen) atoms. The molecule has 0 bridgehead atoms. The van der Waals surface area contributed by atoms with Crippen molar-refractivity contribution >= 4 is 22.1 Å². The van der Waals surface area contributed by atoms with Crippen molar-refractivity contribution in [2.24, 2.45) is 0 Å². The van der Waals surface area contributed by atoms with Crippen molar-refractivity contribution in [3.63, 3.8) is 0 Å². The first-order valence-corrected chi connectivity index (χ1v) is 4.78. The number of benzene rings is 2. The molecule has 3 N–H and O–H groups in total. The first kappa shape index (κ1) is 9.42. The van der Waals surface area contributed by atoms with E-state index in [4.69, 9.17) is 5.73 Å². The maximum Gasteiger partial charge on any atom is 0.0558 e. The van der Waals surface area contributed by atoms with E-state index in [0.717, 1.165) is 22.1 Å². The average Bonchev–Trinajstić information content (AvgIpc) is 2.26. The molecule has 0 aliphatic rings. The van der Waals surface area contributed by atoms with E-state index in [2.05, 4.69) is 17.3 Å². The Morgan fingerprint density at radius 3 is 2.60 bits per heavy atom. The van der Waals surface area contributed by atoms with Crippen LogP contribution in [0.15, 0.2) is 36.4 Å². The van der Waals surface area contributed by atoms with Crippen LogP contribution in [0.25, 0.3) is 10.8 Å². The highest BCUT2D eigenvalue weighted by Gasteiger charge is 2.01. The van der Waals surface area contributed by atoms with Crippen molar-refractivity contribution in [2.45, 2.75) is 6.92 Å². The maximum absolute atomic E-state index is 5.94. The van der Waals surface area contributed by atoms with Crippen LogP contribution in [-0.4, -0.2) is 0 Å². The van der Waals surface area contributed by atoms with Gasteiger partial charge in [0.1, 0.15) is 0 Å². The minimum atomic E-state index is 0.772. The molecule has 0 atom stereocenters. The van der Waals surface area contributed by atoms with Crippen molar-refractivity contribution in [2.75, 3.05) is 11.1 Å². The van der Waals surface area contributed by atoms with Gasteiger partial charge in [-0.1, -0.05) is 30.2 Å². The lowest BCUT2D eigenvalue weighted by Gasteiger charge is -2.07. The SMILES string of the molecule is CC#CNc1cccc2cccc(N)c12. The summed E-state index contributed by atoms with van der Waals surface area (Å²) in [4.78, 5) is 0. The first-order chi connectivity index (χ1) is 7.33. The Morgan fingerprint density at radius 1 is 1.13 bits per heavy atom. The Morgan fingerprint density at radius 2 is 1.87 bits per heavy atom. The molecule has 2 nitrogen and oxygen atoms in total. The van der Waals surface area contributed by atoms with Gasteiger partial charge in [-0.25, -0.2) is 0 Å². The summed E-state index contributed by atoms with van der Waals surface area (Å²) in [6, 6.07) is 14.7. The van der Waals surface area contributed by atoms with Crippen LogP contribution in [0, 0.1) is 12.0 Å². The number of hydrogen-bond acceptors (Lipinski definition) is 2. The molecule has 0 fully saturated rings. The third-order valence-corrected chi connectivity index (χ3v) is 2.26. The molecule has 0 radical (unpaired) electrons. The van der Waals surface area contributed by atoms with Crippen molar-refractivity contribution in [3.8, 4) is 12.0 Å². The zero-order chi connectivity index (χ0) is 10.7. The molecular weight excluding hydrogens is 184 g/mol. The normalized spacial score (nSPS) is 9.40. The monoisotopic (exact) mass is 196 g/mol. The van der Waals surface area contributed by atoms with E-state index >= 15 is 0 Å². The highest BCUT2D eigenvalue weighted by molar-refractivity contribution is 6.02. The van der Waals surface area contributed by atoms with Crippen molar-refractivity contribution in [1.29, 1.82) is 0 Å². The van der Waals surface area contributed by atoms with E-state index < -0.39 is 0 Å². The number of nitrogens with one attached hydrogen (secondary N) is 1. The molecule has 0 saturated heterocycles. The standard InChI is InChI=1S/C13H12N2/c1-2-9-15-12-8-4-6-10-5-3-7-11(14)13(10)12/h3-8,15H,14H2,1H3. The number of nitrogens with two attached hydrogens (primary N) is 1. The van der Waals surface area contributed by atoms with E-state index in [0.29, 0.717) is 0 Å². The van der Waals surface area contributed by atoms with Gasteiger partial charge in [0.15, 0.2) is 0 Å². The van der Waals surface area contributed by atoms with E-state index in [1.165, 1.54) is 0 Å². The second-order valence-electron chi connectivity index (χ2n) is 3.25. The fraction of sp³-hybridized carbons (Fsp3) is 0.0769. The molecule has 0 aromatic heterocycles. The molecule has 2 heteroatoms. The quantitative estimate of drug-likeness (QED) is 0.418. The summed E-state index contributed by atoms with van der Waals surface area (Å²) in [6.45, 7) is 1.79. The predicted octanol–water partition coefficient (Wildman–Crippen LogP) is 2.81. The van der Waals surface area contributed by atoms with Crippen LogP contribution in [0.4, 0.5) is 11.4 Å². The Labute approximate surface area is 89.1 Å². The average molecular weight is 196 g/mol. The van der Waals surface area contributed by atoms with Gasteiger partial charge in [-0.3, -0.25) is 0 Å². The predicted molar refractivity (Wildman–Crippen MR) is 65.4 cm³/mol. The summed E-state index contributed by atoms with van der Waals surface area (Å²) >= 11 is 0. The van der Waals surface area contributed by atoms with Crippen LogP contribution in [0.5, 0.6) is 0 Å². The third-order valence-electron chi connectivity index (χ3n) is 2.26. The Hall–Kier alpha value is -2.14. The van der Waals surface area contributed by atoms with Gasteiger partial charge in [-0.05, 0) is 24.4 Å². The van der Waals surface area contributed by atoms with Crippen LogP contribution in [0.1, 0.15) is 6.92 Å². The largest absolute Gasteiger partial charge is 0.398 e. The van der Waals surface area contributed by atoms with Crippen molar-refractivity contribution in [3.05, 3.63) is 36.4 Å². The van der Waals surface area contributed by atoms with E-state index in [1.807, 2.05) is 36.4 Å². The van der Waals surface area contributed by atoms with E-state index in [1.54, 1.807) is 6.92 Å². The summed E-state index contributed by atoms with van der Waals surface area (Å²) < 4.78 is 0. The van der Waals surface area contributed by atoms with Gasteiger partial charge in [0.05, 0.1) is 5.69 Å². The second kappa shape index (κ2) is 3.93. The molecule has 0 aliphatic carbocycles. The molecule has 2 aromatic rings. The molecule has 2 rings (SSSR count). The first-order valence-electron chi connectivity index (χ1n) is 4.78. The fourth-order valence-corrected chi connectivity index (χ4v) is 1.60. The summed E-state index contributed by atoms with van der Waals surface area (Å²) in [5.41, 5.74) is 7.67. The smallest absolute Gasteiger partial charge is 0.0558 e. The second-order valence-corrected chi connectivity index (χ2v) is 3.25. The molecule has 0 heterocycles. The van der Waals surface area contributed by atoms with E-state index in [-0.39, 0.29) is 0 Å². The number of anilines is 2. The number of fused-ring (bicyclic) bond motifs is 1. The van der Waals surface area contributed by atoms with Crippen molar-refractivity contribution < 1.29 is 0 Å². The van der Waals surface area contributed by atoms with Crippen molar-refractivity contribution in [1.82, 2.24) is 0 Å². The van der Waals surface area contributed by atoms with Crippen LogP contribution in [-0.2, 0) is 0 Å². The maximum atomic E-state index is 5.94. The van der Waals surface area contributed by atoms with Gasteiger partial charge in [-0.2, -0.15) is 0 Å². The van der Waals surface area contributed by atoms with Gasteiger partial charge < -0.3 is 11.1 Å². The summed E-state index contributed by atoms with van der Waals surface area (Å²) in [6.07, 6.45) is 0. The van der Waals surface area contributed by atoms with Gasteiger partial charge in [0, 0.05) is 17.1 Å². The van der Waals surface area contributed by atoms with Gasteiger partial charge in [0.2, 0.25) is 0 Å². The van der Waals surface area contributed by atoms with Crippen LogP contribution < -0.4 is 11.1 Å². The van der Waals surface area contributed by atoms with Crippen LogP contribution >= 0.6 is 0 Å². The summed E-state index contributed by atoms with van der Waals surface area (Å²) in [5, 5.41) is 5.19. The highest BCUT2D eigenvalue weighted by atomic mass is 14.8. The Bertz CT molecular complexity index is 542. The molecule has 0 spiro atoms. The molecule has 0 saturated carbocycles. The lowest BCUT2D eigenvalue weighted by Crippen LogP contribution is -1.93. The number of hydrogen-bond donors (Lipinski definition) is 2. The minimum Gasteiger partial charge on any atom is -0.398 e. The van der Waals surface area contributed by atoms with Crippen LogP contribution in [0.2, 0.25) is 0 Å². The molecular formula is C13H12N2. The highest BCUT2D eigenvalue weighted by Crippen LogP contribution is 2.28. The Balaban J connectivity index is 2.66. The van der Waals surface area contributed by atoms with Gasteiger partial charge in [0.25, 0.3) is 0 Å². The molecule has 0 aliphatic heterocycles. The van der Waals surface area contributed by atoms with Gasteiger partial charge in [-0.15, -0.1) is 0 Å². The molecule has 2 aromatic carbocycles. The molecule has 74 valence electrons. The zero-order valence-corrected chi connectivity index (χ0v) is 8.54. The zero-order valence-electron chi connectivity index (χ0n) is 8.54. The molecule has 0 unspecified atom stereocenters. The number of rotatable bonds is 1. The van der Waals surface area contributed by atoms with E-state index in [9.17, 15) is 0 Å². The third kappa shape index (κ3) is 1.72. The Kier molecular flexibility index (Phi) is 2.47. The van der Waals surface area contributed by atoms with Gasteiger partial charge >= 0.3 is 0 Å². The topological polar surface area (TPSA) is 38.0 Å². The minimum absolute atomic E-state index is 0.772. The van der Waals surface area contributed by atoms with Crippen LogP contribution in [0.3, 0.4) is 0 Å². The molecule has 0 amide bonds.